The van der Waals surface area contributed by atoms with Crippen molar-refractivity contribution in [3.8, 4) is 0 Å². The van der Waals surface area contributed by atoms with Gasteiger partial charge in [-0.05, 0) is 61.7 Å². The van der Waals surface area contributed by atoms with Gasteiger partial charge in [0.25, 0.3) is 5.91 Å². The van der Waals surface area contributed by atoms with Crippen LogP contribution in [0.3, 0.4) is 0 Å². The minimum atomic E-state index is -4.43. The summed E-state index contributed by atoms with van der Waals surface area (Å²) in [5.41, 5.74) is 0.753. The van der Waals surface area contributed by atoms with Crippen molar-refractivity contribution in [2.24, 2.45) is 5.92 Å². The second-order valence-electron chi connectivity index (χ2n) is 7.96. The highest BCUT2D eigenvalue weighted by Gasteiger charge is 2.37. The number of alkyl halides is 3. The normalized spacial score (nSPS) is 15.0. The summed E-state index contributed by atoms with van der Waals surface area (Å²) in [6, 6.07) is 11.2. The molecule has 1 aliphatic rings. The molecule has 0 radical (unpaired) electrons. The Kier molecular flexibility index (Phi) is 6.19. The number of rotatable bonds is 6. The number of nitrogens with zero attached hydrogens (tertiary/aromatic N) is 1. The topological polar surface area (TPSA) is 49.4 Å². The fourth-order valence-electron chi connectivity index (χ4n) is 3.28. The molecule has 1 saturated carbocycles. The Morgan fingerprint density at radius 1 is 1.03 bits per heavy atom. The van der Waals surface area contributed by atoms with Gasteiger partial charge in [-0.15, -0.1) is 0 Å². The van der Waals surface area contributed by atoms with Gasteiger partial charge in [-0.25, -0.2) is 0 Å². The monoisotopic (exact) mass is 418 g/mol. The van der Waals surface area contributed by atoms with Crippen molar-refractivity contribution in [3.05, 3.63) is 65.2 Å². The highest BCUT2D eigenvalue weighted by atomic mass is 19.4. The Morgan fingerprint density at radius 3 is 2.20 bits per heavy atom. The molecule has 160 valence electrons. The van der Waals surface area contributed by atoms with E-state index >= 15 is 0 Å². The predicted octanol–water partition coefficient (Wildman–Crippen LogP) is 5.67. The molecule has 2 aromatic rings. The van der Waals surface area contributed by atoms with Gasteiger partial charge in [0, 0.05) is 23.2 Å². The minimum absolute atomic E-state index is 0.0161. The van der Waals surface area contributed by atoms with Crippen LogP contribution in [0.5, 0.6) is 0 Å². The van der Waals surface area contributed by atoms with E-state index in [2.05, 4.69) is 5.32 Å². The van der Waals surface area contributed by atoms with Crippen molar-refractivity contribution in [2.45, 2.75) is 51.9 Å². The van der Waals surface area contributed by atoms with E-state index < -0.39 is 17.8 Å². The van der Waals surface area contributed by atoms with Crippen LogP contribution in [0, 0.1) is 5.92 Å². The highest BCUT2D eigenvalue weighted by Crippen LogP contribution is 2.37. The maximum absolute atomic E-state index is 13.2. The highest BCUT2D eigenvalue weighted by molar-refractivity contribution is 5.96. The van der Waals surface area contributed by atoms with Crippen LogP contribution < -0.4 is 5.32 Å². The van der Waals surface area contributed by atoms with Gasteiger partial charge in [0.1, 0.15) is 0 Å². The van der Waals surface area contributed by atoms with Gasteiger partial charge in [0.2, 0.25) is 5.91 Å². The number of amides is 2. The van der Waals surface area contributed by atoms with Crippen molar-refractivity contribution in [3.63, 3.8) is 0 Å². The molecular weight excluding hydrogens is 393 g/mol. The molecule has 0 aromatic heterocycles. The molecule has 2 aromatic carbocycles. The average molecular weight is 418 g/mol. The second kappa shape index (κ2) is 8.50. The number of hydrogen-bond acceptors (Lipinski definition) is 2. The first-order chi connectivity index (χ1) is 14.1. The number of halogens is 3. The summed E-state index contributed by atoms with van der Waals surface area (Å²) in [5, 5.41) is 2.77. The molecule has 0 bridgehead atoms. The molecule has 3 rings (SSSR count). The van der Waals surface area contributed by atoms with E-state index in [0.29, 0.717) is 16.8 Å². The molecule has 0 saturated heterocycles. The Balaban J connectivity index is 1.81. The summed E-state index contributed by atoms with van der Waals surface area (Å²) >= 11 is 0. The van der Waals surface area contributed by atoms with Crippen molar-refractivity contribution in [1.82, 2.24) is 4.90 Å². The van der Waals surface area contributed by atoms with Crippen LogP contribution in [-0.4, -0.2) is 22.8 Å². The molecule has 1 fully saturated rings. The van der Waals surface area contributed by atoms with E-state index in [1.165, 1.54) is 6.07 Å². The third kappa shape index (κ3) is 5.01. The van der Waals surface area contributed by atoms with Crippen LogP contribution in [0.25, 0.3) is 0 Å². The number of hydrogen-bond donors (Lipinski definition) is 1. The maximum atomic E-state index is 13.2. The molecule has 1 aliphatic carbocycles. The molecule has 1 unspecified atom stereocenters. The Bertz CT molecular complexity index is 919. The Morgan fingerprint density at radius 2 is 1.67 bits per heavy atom. The van der Waals surface area contributed by atoms with Crippen LogP contribution in [0.2, 0.25) is 0 Å². The van der Waals surface area contributed by atoms with Gasteiger partial charge in [-0.1, -0.05) is 26.0 Å². The third-order valence-electron chi connectivity index (χ3n) is 5.21. The average Bonchev–Trinajstić information content (AvgIpc) is 3.53. The van der Waals surface area contributed by atoms with Gasteiger partial charge in [-0.2, -0.15) is 13.2 Å². The van der Waals surface area contributed by atoms with Gasteiger partial charge >= 0.3 is 6.18 Å². The van der Waals surface area contributed by atoms with Crippen LogP contribution in [0.1, 0.15) is 61.1 Å². The molecule has 1 atom stereocenters. The summed E-state index contributed by atoms with van der Waals surface area (Å²) < 4.78 is 39.3. The molecule has 7 heteroatoms. The first-order valence-corrected chi connectivity index (χ1v) is 9.98. The SMILES string of the molecule is CC(C)C(=O)Nc1ccc(C(=O)N(C2CC2)C(C)c2cccc(C(F)(F)F)c2)cc1. The van der Waals surface area contributed by atoms with E-state index in [4.69, 9.17) is 0 Å². The molecule has 30 heavy (non-hydrogen) atoms. The summed E-state index contributed by atoms with van der Waals surface area (Å²) in [4.78, 5) is 26.7. The lowest BCUT2D eigenvalue weighted by atomic mass is 10.0. The zero-order chi connectivity index (χ0) is 22.1. The van der Waals surface area contributed by atoms with E-state index in [1.54, 1.807) is 56.0 Å². The molecule has 1 N–H and O–H groups in total. The summed E-state index contributed by atoms with van der Waals surface area (Å²) in [6.07, 6.45) is -2.77. The Hall–Kier alpha value is -2.83. The minimum Gasteiger partial charge on any atom is -0.329 e. The predicted molar refractivity (Wildman–Crippen MR) is 109 cm³/mol. The van der Waals surface area contributed by atoms with E-state index in [9.17, 15) is 22.8 Å². The van der Waals surface area contributed by atoms with Crippen LogP contribution in [0.15, 0.2) is 48.5 Å². The number of carbonyl (C=O) groups excluding carboxylic acids is 2. The lowest BCUT2D eigenvalue weighted by Gasteiger charge is -2.30. The zero-order valence-corrected chi connectivity index (χ0v) is 17.2. The van der Waals surface area contributed by atoms with Crippen molar-refractivity contribution < 1.29 is 22.8 Å². The van der Waals surface area contributed by atoms with E-state index in [-0.39, 0.29) is 23.8 Å². The van der Waals surface area contributed by atoms with Crippen molar-refractivity contribution >= 4 is 17.5 Å². The van der Waals surface area contributed by atoms with Crippen molar-refractivity contribution in [1.29, 1.82) is 0 Å². The van der Waals surface area contributed by atoms with Gasteiger partial charge in [-0.3, -0.25) is 9.59 Å². The van der Waals surface area contributed by atoms with E-state index in [1.807, 2.05) is 0 Å². The zero-order valence-electron chi connectivity index (χ0n) is 17.2. The van der Waals surface area contributed by atoms with E-state index in [0.717, 1.165) is 25.0 Å². The number of anilines is 1. The lowest BCUT2D eigenvalue weighted by molar-refractivity contribution is -0.137. The third-order valence-corrected chi connectivity index (χ3v) is 5.21. The van der Waals surface area contributed by atoms with Crippen LogP contribution >= 0.6 is 0 Å². The first kappa shape index (κ1) is 21.9. The smallest absolute Gasteiger partial charge is 0.329 e. The number of benzene rings is 2. The molecule has 0 heterocycles. The van der Waals surface area contributed by atoms with Gasteiger partial charge in [0.05, 0.1) is 11.6 Å². The molecule has 0 spiro atoms. The largest absolute Gasteiger partial charge is 0.416 e. The fourth-order valence-corrected chi connectivity index (χ4v) is 3.28. The van der Waals surface area contributed by atoms with Crippen LogP contribution in [0.4, 0.5) is 18.9 Å². The molecular formula is C23H25F3N2O2. The first-order valence-electron chi connectivity index (χ1n) is 9.98. The second-order valence-corrected chi connectivity index (χ2v) is 7.96. The maximum Gasteiger partial charge on any atom is 0.416 e. The molecule has 0 aliphatic heterocycles. The fraction of sp³-hybridized carbons (Fsp3) is 0.391. The van der Waals surface area contributed by atoms with Crippen molar-refractivity contribution in [2.75, 3.05) is 5.32 Å². The van der Waals surface area contributed by atoms with Crippen LogP contribution in [-0.2, 0) is 11.0 Å². The summed E-state index contributed by atoms with van der Waals surface area (Å²) in [5.74, 6) is -0.513. The quantitative estimate of drug-likeness (QED) is 0.658. The lowest BCUT2D eigenvalue weighted by Crippen LogP contribution is -2.35. The molecule has 4 nitrogen and oxygen atoms in total. The Labute approximate surface area is 174 Å². The number of nitrogens with one attached hydrogen (secondary N) is 1. The van der Waals surface area contributed by atoms with Gasteiger partial charge < -0.3 is 10.2 Å². The molecule has 2 amide bonds. The number of carbonyl (C=O) groups is 2. The summed E-state index contributed by atoms with van der Waals surface area (Å²) in [7, 11) is 0. The standard InChI is InChI=1S/C23H25F3N2O2/c1-14(2)21(29)27-19-9-7-16(8-10-19)22(30)28(20-11-12-20)15(3)17-5-4-6-18(13-17)23(24,25)26/h4-10,13-15,20H,11-12H2,1-3H3,(H,27,29). The van der Waals surface area contributed by atoms with Gasteiger partial charge in [0.15, 0.2) is 0 Å². The summed E-state index contributed by atoms with van der Waals surface area (Å²) in [6.45, 7) is 5.33.